The molecule has 16 heavy (non-hydrogen) atoms. The van der Waals surface area contributed by atoms with Gasteiger partial charge in [-0.3, -0.25) is 4.79 Å². The molecule has 0 heterocycles. The molecule has 0 aromatic rings. The summed E-state index contributed by atoms with van der Waals surface area (Å²) in [5.41, 5.74) is 2.12. The first-order valence-electron chi connectivity index (χ1n) is 4.79. The summed E-state index contributed by atoms with van der Waals surface area (Å²) in [6.45, 7) is 2.80. The van der Waals surface area contributed by atoms with E-state index in [1.165, 1.54) is 0 Å². The molecule has 0 aromatic heterocycles. The average Bonchev–Trinajstić information content (AvgIpc) is 2.15. The van der Waals surface area contributed by atoms with Crippen LogP contribution in [0.4, 0.5) is 13.2 Å². The fourth-order valence-corrected chi connectivity index (χ4v) is 1.17. The fourth-order valence-electron chi connectivity index (χ4n) is 0.819. The molecule has 0 aliphatic carbocycles. The number of hydrogen-bond acceptors (Lipinski definition) is 3. The van der Waals surface area contributed by atoms with Gasteiger partial charge in [-0.1, -0.05) is 6.92 Å². The lowest BCUT2D eigenvalue weighted by Crippen LogP contribution is -2.61. The van der Waals surface area contributed by atoms with Crippen molar-refractivity contribution in [3.8, 4) is 0 Å². The summed E-state index contributed by atoms with van der Waals surface area (Å²) in [5.74, 6) is -1.19. The van der Waals surface area contributed by atoms with Gasteiger partial charge in [-0.05, 0) is 19.6 Å². The molecule has 2 atom stereocenters. The molecule has 0 saturated heterocycles. The van der Waals surface area contributed by atoms with Crippen LogP contribution in [0.25, 0.3) is 0 Å². The monoisotopic (exact) mass is 258 g/mol. The van der Waals surface area contributed by atoms with Crippen molar-refractivity contribution < 1.29 is 18.0 Å². The molecule has 0 radical (unpaired) electrons. The van der Waals surface area contributed by atoms with Crippen LogP contribution in [0.5, 0.6) is 0 Å². The van der Waals surface area contributed by atoms with Crippen molar-refractivity contribution in [2.24, 2.45) is 5.73 Å². The van der Waals surface area contributed by atoms with E-state index in [-0.39, 0.29) is 11.8 Å². The van der Waals surface area contributed by atoms with Crippen LogP contribution in [-0.2, 0) is 4.79 Å². The zero-order valence-electron chi connectivity index (χ0n) is 9.52. The lowest BCUT2D eigenvalue weighted by atomic mass is 10.0. The Hall–Kier alpha value is -0.430. The van der Waals surface area contributed by atoms with Gasteiger partial charge in [0.1, 0.15) is 0 Å². The van der Waals surface area contributed by atoms with Crippen LogP contribution in [0.2, 0.25) is 0 Å². The molecule has 2 unspecified atom stereocenters. The Kier molecular flexibility index (Phi) is 5.61. The van der Waals surface area contributed by atoms with Crippen molar-refractivity contribution in [3.05, 3.63) is 0 Å². The number of carbonyl (C=O) groups is 1. The number of rotatable bonds is 5. The van der Waals surface area contributed by atoms with Gasteiger partial charge in [-0.15, -0.1) is 0 Å². The van der Waals surface area contributed by atoms with Gasteiger partial charge in [0.25, 0.3) is 0 Å². The van der Waals surface area contributed by atoms with E-state index in [2.05, 4.69) is 5.32 Å². The quantitative estimate of drug-likeness (QED) is 0.786. The van der Waals surface area contributed by atoms with E-state index in [4.69, 9.17) is 5.73 Å². The highest BCUT2D eigenvalue weighted by molar-refractivity contribution is 7.99. The van der Waals surface area contributed by atoms with Gasteiger partial charge in [0.15, 0.2) is 5.54 Å². The number of nitrogens with two attached hydrogens (primary N) is 1. The number of alkyl halides is 3. The van der Waals surface area contributed by atoms with Crippen LogP contribution < -0.4 is 11.1 Å². The number of carbonyl (C=O) groups excluding carboxylic acids is 1. The Morgan fingerprint density at radius 2 is 2.00 bits per heavy atom. The smallest absolute Gasteiger partial charge is 0.354 e. The second-order valence-electron chi connectivity index (χ2n) is 3.79. The highest BCUT2D eigenvalue weighted by atomic mass is 32.2. The van der Waals surface area contributed by atoms with Crippen LogP contribution in [-0.4, -0.2) is 35.7 Å². The first-order valence-corrected chi connectivity index (χ1v) is 6.08. The van der Waals surface area contributed by atoms with Crippen LogP contribution in [0.3, 0.4) is 0 Å². The Bertz CT molecular complexity index is 243. The third-order valence-electron chi connectivity index (χ3n) is 2.30. The molecule has 96 valence electrons. The Morgan fingerprint density at radius 1 is 1.50 bits per heavy atom. The molecule has 0 spiro atoms. The molecule has 0 saturated carbocycles. The number of halogens is 3. The topological polar surface area (TPSA) is 55.1 Å². The van der Waals surface area contributed by atoms with Gasteiger partial charge in [0.05, 0.1) is 0 Å². The Labute approximate surface area is 97.3 Å². The van der Waals surface area contributed by atoms with E-state index in [1.807, 2.05) is 13.2 Å². The Balaban J connectivity index is 4.17. The first-order chi connectivity index (χ1) is 7.13. The molecule has 0 aromatic carbocycles. The number of hydrogen-bond donors (Lipinski definition) is 2. The minimum atomic E-state index is -4.73. The van der Waals surface area contributed by atoms with Gasteiger partial charge in [0.2, 0.25) is 5.91 Å². The largest absolute Gasteiger partial charge is 0.415 e. The molecule has 1 amide bonds. The van der Waals surface area contributed by atoms with Crippen molar-refractivity contribution in [3.63, 3.8) is 0 Å². The third-order valence-corrected chi connectivity index (χ3v) is 3.34. The minimum Gasteiger partial charge on any atom is -0.354 e. The van der Waals surface area contributed by atoms with Gasteiger partial charge in [0, 0.05) is 11.8 Å². The van der Waals surface area contributed by atoms with Crippen molar-refractivity contribution in [2.75, 3.05) is 12.8 Å². The summed E-state index contributed by atoms with van der Waals surface area (Å²) in [7, 11) is 0. The molecule has 0 bridgehead atoms. The van der Waals surface area contributed by atoms with Gasteiger partial charge in [-0.2, -0.15) is 24.9 Å². The van der Waals surface area contributed by atoms with Gasteiger partial charge in [-0.25, -0.2) is 0 Å². The van der Waals surface area contributed by atoms with Crippen LogP contribution in [0.1, 0.15) is 20.3 Å². The number of thioether (sulfide) groups is 1. The summed E-state index contributed by atoms with van der Waals surface area (Å²) in [4.78, 5) is 11.2. The zero-order chi connectivity index (χ0) is 13.0. The number of nitrogens with one attached hydrogen (secondary N) is 1. The van der Waals surface area contributed by atoms with Crippen LogP contribution in [0.15, 0.2) is 0 Å². The molecule has 7 heteroatoms. The fraction of sp³-hybridized carbons (Fsp3) is 0.889. The molecular weight excluding hydrogens is 241 g/mol. The number of amides is 1. The summed E-state index contributed by atoms with van der Waals surface area (Å²) in [6.07, 6.45) is -2.22. The van der Waals surface area contributed by atoms with E-state index < -0.39 is 17.6 Å². The van der Waals surface area contributed by atoms with Gasteiger partial charge < -0.3 is 11.1 Å². The second kappa shape index (κ2) is 5.77. The first kappa shape index (κ1) is 15.6. The van der Waals surface area contributed by atoms with Crippen molar-refractivity contribution in [1.82, 2.24) is 5.32 Å². The summed E-state index contributed by atoms with van der Waals surface area (Å²) in [5, 5.41) is 2.48. The predicted molar refractivity (Wildman–Crippen MR) is 59.3 cm³/mol. The van der Waals surface area contributed by atoms with Crippen molar-refractivity contribution in [2.45, 2.75) is 37.2 Å². The lowest BCUT2D eigenvalue weighted by molar-refractivity contribution is -0.187. The maximum atomic E-state index is 12.3. The van der Waals surface area contributed by atoms with E-state index in [9.17, 15) is 18.0 Å². The second-order valence-corrected chi connectivity index (χ2v) is 5.07. The summed E-state index contributed by atoms with van der Waals surface area (Å²) >= 11 is 1.58. The third kappa shape index (κ3) is 4.21. The highest BCUT2D eigenvalue weighted by Crippen LogP contribution is 2.27. The van der Waals surface area contributed by atoms with E-state index in [0.29, 0.717) is 13.3 Å². The molecule has 0 fully saturated rings. The standard InChI is InChI=1S/C9H17F3N2OS/c1-6(16-3)4-5-14-7(15)8(2,13)9(10,11)12/h6H,4-5,13H2,1-3H3,(H,14,15). The molecule has 3 nitrogen and oxygen atoms in total. The Morgan fingerprint density at radius 3 is 2.38 bits per heavy atom. The normalized spacial score (nSPS) is 17.7. The van der Waals surface area contributed by atoms with Crippen molar-refractivity contribution in [1.29, 1.82) is 0 Å². The van der Waals surface area contributed by atoms with Crippen LogP contribution >= 0.6 is 11.8 Å². The van der Waals surface area contributed by atoms with Gasteiger partial charge >= 0.3 is 6.18 Å². The molecule has 0 aliphatic heterocycles. The van der Waals surface area contributed by atoms with Crippen molar-refractivity contribution >= 4 is 17.7 Å². The average molecular weight is 258 g/mol. The van der Waals surface area contributed by atoms with E-state index in [1.54, 1.807) is 11.8 Å². The minimum absolute atomic E-state index is 0.198. The maximum absolute atomic E-state index is 12.3. The SMILES string of the molecule is CSC(C)CCNC(=O)C(C)(N)C(F)(F)F. The maximum Gasteiger partial charge on any atom is 0.415 e. The molecule has 0 aliphatic rings. The van der Waals surface area contributed by atoms with E-state index in [0.717, 1.165) is 0 Å². The molecular formula is C9H17F3N2OS. The summed E-state index contributed by atoms with van der Waals surface area (Å²) in [6, 6.07) is 0. The molecule has 3 N–H and O–H groups in total. The highest BCUT2D eigenvalue weighted by Gasteiger charge is 2.53. The predicted octanol–water partition coefficient (Wildman–Crippen LogP) is 1.52. The lowest BCUT2D eigenvalue weighted by Gasteiger charge is -2.26. The van der Waals surface area contributed by atoms with E-state index >= 15 is 0 Å². The van der Waals surface area contributed by atoms with Crippen LogP contribution in [0, 0.1) is 0 Å². The summed E-state index contributed by atoms with van der Waals surface area (Å²) < 4.78 is 37.0. The molecule has 0 rings (SSSR count). The zero-order valence-corrected chi connectivity index (χ0v) is 10.3.